The second-order valence-corrected chi connectivity index (χ2v) is 12.8. The molecule has 0 aromatic carbocycles. The van der Waals surface area contributed by atoms with E-state index in [0.29, 0.717) is 12.8 Å². The first-order chi connectivity index (χ1) is 23.2. The van der Waals surface area contributed by atoms with Crippen LogP contribution < -0.4 is 0 Å². The molecule has 10 nitrogen and oxygen atoms in total. The molecular weight excluding hydrogens is 616 g/mol. The summed E-state index contributed by atoms with van der Waals surface area (Å²) < 4.78 is 0. The Hall–Kier alpha value is -1.30. The number of hydrogen-bond acceptors (Lipinski definition) is 8. The molecule has 0 atom stereocenters. The van der Waals surface area contributed by atoms with Gasteiger partial charge in [-0.05, 0) is 12.8 Å². The van der Waals surface area contributed by atoms with E-state index in [2.05, 4.69) is 13.8 Å². The summed E-state index contributed by atoms with van der Waals surface area (Å²) in [6.07, 6.45) is 32.6. The monoisotopic (exact) mass is 697 g/mol. The van der Waals surface area contributed by atoms with Crippen LogP contribution in [0.25, 0.3) is 0 Å². The Morgan fingerprint density at radius 1 is 0.354 bits per heavy atom. The highest BCUT2D eigenvalue weighted by Gasteiger charge is 1.98. The van der Waals surface area contributed by atoms with E-state index in [-0.39, 0.29) is 26.4 Å². The maximum Gasteiger partial charge on any atom is 0.303 e. The van der Waals surface area contributed by atoms with Crippen LogP contribution in [0.1, 0.15) is 194 Å². The lowest BCUT2D eigenvalue weighted by Gasteiger charge is -2.02. The predicted molar refractivity (Wildman–Crippen MR) is 196 cm³/mol. The largest absolute Gasteiger partial charge is 0.481 e. The van der Waals surface area contributed by atoms with Gasteiger partial charge < -0.3 is 40.9 Å². The third-order valence-electron chi connectivity index (χ3n) is 7.83. The van der Waals surface area contributed by atoms with Crippen molar-refractivity contribution in [1.29, 1.82) is 0 Å². The molecule has 0 bridgehead atoms. The zero-order valence-electron chi connectivity index (χ0n) is 31.2. The summed E-state index contributed by atoms with van der Waals surface area (Å²) >= 11 is 0. The minimum absolute atomic E-state index is 0.345. The number of rotatable bonds is 32. The van der Waals surface area contributed by atoms with Gasteiger partial charge in [-0.25, -0.2) is 0 Å². The van der Waals surface area contributed by atoms with Crippen LogP contribution in [0, 0.1) is 0 Å². The number of carboxylic acids is 2. The molecule has 0 saturated heterocycles. The maximum absolute atomic E-state index is 10.3. The van der Waals surface area contributed by atoms with Crippen LogP contribution in [0.15, 0.2) is 0 Å². The Morgan fingerprint density at radius 3 is 0.646 bits per heavy atom. The van der Waals surface area contributed by atoms with Gasteiger partial charge in [0, 0.05) is 12.8 Å². The molecule has 0 aromatic heterocycles. The zero-order chi connectivity index (χ0) is 36.9. The summed E-state index contributed by atoms with van der Waals surface area (Å²) in [6, 6.07) is 0. The molecule has 0 aliphatic heterocycles. The molecule has 0 amide bonds. The number of aliphatic carboxylic acids is 2. The molecule has 0 heterocycles. The first kappa shape index (κ1) is 53.5. The van der Waals surface area contributed by atoms with Gasteiger partial charge in [-0.3, -0.25) is 9.59 Å². The molecule has 0 aliphatic rings. The highest BCUT2D eigenvalue weighted by molar-refractivity contribution is 5.66. The average molecular weight is 697 g/mol. The molecule has 8 N–H and O–H groups in total. The van der Waals surface area contributed by atoms with Crippen molar-refractivity contribution in [2.24, 2.45) is 0 Å². The van der Waals surface area contributed by atoms with Crippen molar-refractivity contribution in [3.63, 3.8) is 0 Å². The molecule has 10 heteroatoms. The highest BCUT2D eigenvalue weighted by atomic mass is 16.4. The van der Waals surface area contributed by atoms with Crippen LogP contribution in [0.4, 0.5) is 0 Å². The summed E-state index contributed by atoms with van der Waals surface area (Å²) in [7, 11) is 0. The average Bonchev–Trinajstić information content (AvgIpc) is 3.08. The lowest BCUT2D eigenvalue weighted by Crippen LogP contribution is -2.15. The molecule has 0 aliphatic carbocycles. The molecular formula is C38H80O10. The predicted octanol–water partition coefficient (Wildman–Crippen LogP) is 7.77. The van der Waals surface area contributed by atoms with E-state index in [9.17, 15) is 9.59 Å². The third-order valence-corrected chi connectivity index (χ3v) is 7.83. The van der Waals surface area contributed by atoms with Crippen LogP contribution in [0.3, 0.4) is 0 Å². The van der Waals surface area contributed by atoms with E-state index in [4.69, 9.17) is 40.9 Å². The molecule has 0 saturated carbocycles. The van der Waals surface area contributed by atoms with Crippen molar-refractivity contribution in [2.45, 2.75) is 206 Å². The van der Waals surface area contributed by atoms with Crippen LogP contribution in [-0.4, -0.2) is 91.4 Å². The summed E-state index contributed by atoms with van der Waals surface area (Å²) in [5.41, 5.74) is 0. The van der Waals surface area contributed by atoms with Crippen molar-refractivity contribution in [3.8, 4) is 0 Å². The van der Waals surface area contributed by atoms with Crippen LogP contribution in [0.2, 0.25) is 0 Å². The number of carbonyl (C=O) groups is 2. The van der Waals surface area contributed by atoms with Crippen molar-refractivity contribution < 1.29 is 50.4 Å². The standard InChI is InChI=1S/2C16H32O2.2C3H8O3/c2*1-2-3-4-5-6-7-8-9-10-11-12-13-14-15-16(17)18;2*4-1-3(6)2-5/h2*2-15H2,1H3,(H,17,18);2*3-6H,1-2H2. The van der Waals surface area contributed by atoms with Crippen molar-refractivity contribution in [2.75, 3.05) is 26.4 Å². The molecule has 0 fully saturated rings. The molecule has 48 heavy (non-hydrogen) atoms. The van der Waals surface area contributed by atoms with Crippen LogP contribution >= 0.6 is 0 Å². The van der Waals surface area contributed by atoms with E-state index in [0.717, 1.165) is 25.7 Å². The van der Waals surface area contributed by atoms with Gasteiger partial charge in [0.15, 0.2) is 0 Å². The summed E-state index contributed by atoms with van der Waals surface area (Å²) in [5.74, 6) is -1.31. The topological polar surface area (TPSA) is 196 Å². The normalized spacial score (nSPS) is 10.5. The SMILES string of the molecule is CCCCCCCCCCCCCCCC(=O)O.CCCCCCCCCCCCCCCC(=O)O.OCC(O)CO.OCC(O)CO. The Balaban J connectivity index is -0.000000302. The Labute approximate surface area is 294 Å². The van der Waals surface area contributed by atoms with E-state index >= 15 is 0 Å². The first-order valence-electron chi connectivity index (χ1n) is 19.4. The number of unbranched alkanes of at least 4 members (excludes halogenated alkanes) is 24. The quantitative estimate of drug-likeness (QED) is 0.0322. The molecule has 292 valence electrons. The molecule has 0 aromatic rings. The number of aliphatic hydroxyl groups excluding tert-OH is 6. The Morgan fingerprint density at radius 2 is 0.521 bits per heavy atom. The fraction of sp³-hybridized carbons (Fsp3) is 0.947. The smallest absolute Gasteiger partial charge is 0.303 e. The lowest BCUT2D eigenvalue weighted by atomic mass is 10.0. The minimum Gasteiger partial charge on any atom is -0.481 e. The number of aliphatic hydroxyl groups is 6. The van der Waals surface area contributed by atoms with Gasteiger partial charge in [-0.15, -0.1) is 0 Å². The summed E-state index contributed by atoms with van der Waals surface area (Å²) in [4.78, 5) is 20.6. The molecule has 0 unspecified atom stereocenters. The second kappa shape index (κ2) is 50.1. The van der Waals surface area contributed by atoms with Gasteiger partial charge >= 0.3 is 11.9 Å². The van der Waals surface area contributed by atoms with Crippen LogP contribution in [0.5, 0.6) is 0 Å². The lowest BCUT2D eigenvalue weighted by molar-refractivity contribution is -0.138. The van der Waals surface area contributed by atoms with E-state index in [1.165, 1.54) is 141 Å². The summed E-state index contributed by atoms with van der Waals surface area (Å²) in [5, 5.41) is 65.0. The highest BCUT2D eigenvalue weighted by Crippen LogP contribution is 2.14. The van der Waals surface area contributed by atoms with E-state index in [1.807, 2.05) is 0 Å². The van der Waals surface area contributed by atoms with Gasteiger partial charge in [0.1, 0.15) is 12.2 Å². The third kappa shape index (κ3) is 63.4. The number of carboxylic acid groups (broad SMARTS) is 2. The minimum atomic E-state index is -0.954. The van der Waals surface area contributed by atoms with E-state index < -0.39 is 24.1 Å². The Kier molecular flexibility index (Phi) is 55.8. The maximum atomic E-state index is 10.3. The van der Waals surface area contributed by atoms with Crippen molar-refractivity contribution >= 4 is 11.9 Å². The van der Waals surface area contributed by atoms with Gasteiger partial charge in [0.25, 0.3) is 0 Å². The zero-order valence-corrected chi connectivity index (χ0v) is 31.2. The fourth-order valence-electron chi connectivity index (χ4n) is 4.70. The fourth-order valence-corrected chi connectivity index (χ4v) is 4.70. The van der Waals surface area contributed by atoms with Gasteiger partial charge in [-0.1, -0.05) is 168 Å². The van der Waals surface area contributed by atoms with Gasteiger partial charge in [0.2, 0.25) is 0 Å². The van der Waals surface area contributed by atoms with E-state index in [1.54, 1.807) is 0 Å². The van der Waals surface area contributed by atoms with Crippen LogP contribution in [-0.2, 0) is 9.59 Å². The van der Waals surface area contributed by atoms with Gasteiger partial charge in [0.05, 0.1) is 26.4 Å². The number of hydrogen-bond donors (Lipinski definition) is 8. The van der Waals surface area contributed by atoms with Crippen molar-refractivity contribution in [3.05, 3.63) is 0 Å². The summed E-state index contributed by atoms with van der Waals surface area (Å²) in [6.45, 7) is 3.06. The second-order valence-electron chi connectivity index (χ2n) is 12.8. The molecule has 0 spiro atoms. The van der Waals surface area contributed by atoms with Crippen molar-refractivity contribution in [1.82, 2.24) is 0 Å². The van der Waals surface area contributed by atoms with Gasteiger partial charge in [-0.2, -0.15) is 0 Å². The molecule has 0 radical (unpaired) electrons. The molecule has 0 rings (SSSR count). The first-order valence-corrected chi connectivity index (χ1v) is 19.4. The Bertz CT molecular complexity index is 534.